The molecule has 0 unspecified atom stereocenters. The fourth-order valence-electron chi connectivity index (χ4n) is 5.41. The van der Waals surface area contributed by atoms with Gasteiger partial charge < -0.3 is 19.5 Å². The number of fused-ring (bicyclic) bond motifs is 1. The lowest BCUT2D eigenvalue weighted by molar-refractivity contribution is 0.0947. The molecule has 200 valence electrons. The lowest BCUT2D eigenvalue weighted by Crippen LogP contribution is -2.33. The first-order chi connectivity index (χ1) is 17.7. The Balaban J connectivity index is 1.89. The molecule has 0 bridgehead atoms. The predicted molar refractivity (Wildman–Crippen MR) is 146 cm³/mol. The number of carbonyl (C=O) groups excluding carboxylic acids is 1. The average molecular weight is 508 g/mol. The van der Waals surface area contributed by atoms with Crippen molar-refractivity contribution < 1.29 is 14.4 Å². The van der Waals surface area contributed by atoms with Crippen LogP contribution in [-0.2, 0) is 26.4 Å². The van der Waals surface area contributed by atoms with Crippen LogP contribution in [0.4, 0.5) is 0 Å². The van der Waals surface area contributed by atoms with Gasteiger partial charge in [-0.2, -0.15) is 0 Å². The number of nitrogens with zero attached hydrogens (tertiary/aromatic N) is 4. The summed E-state index contributed by atoms with van der Waals surface area (Å²) in [7, 11) is 1.99. The van der Waals surface area contributed by atoms with Gasteiger partial charge >= 0.3 is 0 Å². The molecule has 0 saturated heterocycles. The third kappa shape index (κ3) is 5.30. The van der Waals surface area contributed by atoms with Crippen molar-refractivity contribution in [2.24, 2.45) is 13.0 Å². The number of rotatable bonds is 9. The Morgan fingerprint density at radius 2 is 1.97 bits per heavy atom. The first-order valence-corrected chi connectivity index (χ1v) is 13.6. The summed E-state index contributed by atoms with van der Waals surface area (Å²) in [6, 6.07) is 3.82. The predicted octanol–water partition coefficient (Wildman–Crippen LogP) is 5.29. The van der Waals surface area contributed by atoms with Gasteiger partial charge in [-0.05, 0) is 48.4 Å². The SMILES string of the molecule is CCCc1cc(O)c(-c2onc(C(=O)NCC)c2-c2nc3c(n2C)CCN(CC(C)C)C3)cc1C(C)C. The van der Waals surface area contributed by atoms with Crippen LogP contribution in [0.1, 0.15) is 86.9 Å². The highest BCUT2D eigenvalue weighted by Gasteiger charge is 2.32. The number of aryl methyl sites for hydroxylation is 1. The minimum absolute atomic E-state index is 0.120. The Morgan fingerprint density at radius 1 is 1.22 bits per heavy atom. The summed E-state index contributed by atoms with van der Waals surface area (Å²) in [5.41, 5.74) is 5.69. The molecule has 3 aromatic rings. The maximum Gasteiger partial charge on any atom is 0.274 e. The molecule has 3 heterocycles. The van der Waals surface area contributed by atoms with Gasteiger partial charge in [0.25, 0.3) is 5.91 Å². The molecule has 1 aliphatic heterocycles. The molecule has 2 N–H and O–H groups in total. The summed E-state index contributed by atoms with van der Waals surface area (Å²) in [5.74, 6) is 1.65. The zero-order chi connectivity index (χ0) is 26.9. The second-order valence-corrected chi connectivity index (χ2v) is 10.8. The first kappa shape index (κ1) is 26.9. The normalized spacial score (nSPS) is 14.0. The quantitative estimate of drug-likeness (QED) is 0.409. The highest BCUT2D eigenvalue weighted by atomic mass is 16.5. The number of benzene rings is 1. The van der Waals surface area contributed by atoms with Crippen LogP contribution in [0.15, 0.2) is 16.7 Å². The van der Waals surface area contributed by atoms with Crippen LogP contribution in [0.25, 0.3) is 22.7 Å². The van der Waals surface area contributed by atoms with Gasteiger partial charge in [0.2, 0.25) is 0 Å². The monoisotopic (exact) mass is 507 g/mol. The fourth-order valence-corrected chi connectivity index (χ4v) is 5.41. The zero-order valence-corrected chi connectivity index (χ0v) is 23.3. The molecule has 0 aliphatic carbocycles. The molecule has 0 atom stereocenters. The van der Waals surface area contributed by atoms with E-state index in [4.69, 9.17) is 9.51 Å². The summed E-state index contributed by atoms with van der Waals surface area (Å²) < 4.78 is 7.91. The topological polar surface area (TPSA) is 96.4 Å². The van der Waals surface area contributed by atoms with Gasteiger partial charge in [-0.3, -0.25) is 9.69 Å². The number of nitrogens with one attached hydrogen (secondary N) is 1. The van der Waals surface area contributed by atoms with E-state index in [0.717, 1.165) is 61.4 Å². The number of aromatic hydroxyl groups is 1. The van der Waals surface area contributed by atoms with Gasteiger partial charge in [-0.1, -0.05) is 46.2 Å². The van der Waals surface area contributed by atoms with Crippen LogP contribution < -0.4 is 5.32 Å². The number of aromatic nitrogens is 3. The third-order valence-electron chi connectivity index (χ3n) is 7.07. The summed E-state index contributed by atoms with van der Waals surface area (Å²) in [5, 5.41) is 18.2. The molecular weight excluding hydrogens is 466 g/mol. The van der Waals surface area contributed by atoms with Crippen molar-refractivity contribution in [2.45, 2.75) is 73.3 Å². The van der Waals surface area contributed by atoms with Crippen LogP contribution >= 0.6 is 0 Å². The van der Waals surface area contributed by atoms with Crippen LogP contribution in [0, 0.1) is 5.92 Å². The molecule has 8 nitrogen and oxygen atoms in total. The molecule has 2 aromatic heterocycles. The number of phenols is 1. The van der Waals surface area contributed by atoms with E-state index in [1.54, 1.807) is 0 Å². The van der Waals surface area contributed by atoms with E-state index in [1.165, 1.54) is 0 Å². The Kier molecular flexibility index (Phi) is 8.07. The van der Waals surface area contributed by atoms with Crippen LogP contribution in [0.2, 0.25) is 0 Å². The van der Waals surface area contributed by atoms with Gasteiger partial charge in [0.1, 0.15) is 11.6 Å². The minimum atomic E-state index is -0.318. The van der Waals surface area contributed by atoms with E-state index in [-0.39, 0.29) is 23.3 Å². The van der Waals surface area contributed by atoms with Gasteiger partial charge in [0, 0.05) is 45.3 Å². The van der Waals surface area contributed by atoms with Crippen LogP contribution in [0.5, 0.6) is 5.75 Å². The summed E-state index contributed by atoms with van der Waals surface area (Å²) in [4.78, 5) is 20.5. The van der Waals surface area contributed by atoms with E-state index in [2.05, 4.69) is 54.6 Å². The highest BCUT2D eigenvalue weighted by molar-refractivity contribution is 6.01. The van der Waals surface area contributed by atoms with Gasteiger partial charge in [0.15, 0.2) is 11.5 Å². The Bertz CT molecular complexity index is 1270. The van der Waals surface area contributed by atoms with Crippen LogP contribution in [0.3, 0.4) is 0 Å². The number of hydrogen-bond acceptors (Lipinski definition) is 6. The largest absolute Gasteiger partial charge is 0.507 e. The maximum absolute atomic E-state index is 13.1. The van der Waals surface area contributed by atoms with Gasteiger partial charge in [-0.15, -0.1) is 0 Å². The van der Waals surface area contributed by atoms with E-state index in [1.807, 2.05) is 26.1 Å². The number of hydrogen-bond donors (Lipinski definition) is 2. The number of phenolic OH excluding ortho intramolecular Hbond substituents is 1. The van der Waals surface area contributed by atoms with E-state index in [0.29, 0.717) is 35.2 Å². The second kappa shape index (κ2) is 11.1. The van der Waals surface area contributed by atoms with E-state index in [9.17, 15) is 9.90 Å². The molecule has 4 rings (SSSR count). The van der Waals surface area contributed by atoms with Crippen LogP contribution in [-0.4, -0.2) is 50.3 Å². The van der Waals surface area contributed by atoms with Crippen molar-refractivity contribution in [1.29, 1.82) is 0 Å². The van der Waals surface area contributed by atoms with Crippen molar-refractivity contribution in [3.8, 4) is 28.5 Å². The summed E-state index contributed by atoms with van der Waals surface area (Å²) in [6.45, 7) is 16.0. The summed E-state index contributed by atoms with van der Waals surface area (Å²) >= 11 is 0. The molecule has 37 heavy (non-hydrogen) atoms. The highest BCUT2D eigenvalue weighted by Crippen LogP contribution is 2.42. The fraction of sp³-hybridized carbons (Fsp3) is 0.552. The van der Waals surface area contributed by atoms with Crippen molar-refractivity contribution in [3.63, 3.8) is 0 Å². The van der Waals surface area contributed by atoms with E-state index < -0.39 is 0 Å². The van der Waals surface area contributed by atoms with Crippen molar-refractivity contribution in [1.82, 2.24) is 24.9 Å². The lowest BCUT2D eigenvalue weighted by Gasteiger charge is -2.27. The Labute approximate surface area is 220 Å². The van der Waals surface area contributed by atoms with Gasteiger partial charge in [-0.25, -0.2) is 4.98 Å². The molecule has 1 aromatic carbocycles. The summed E-state index contributed by atoms with van der Waals surface area (Å²) in [6.07, 6.45) is 2.75. The number of amides is 1. The number of imidazole rings is 1. The molecule has 8 heteroatoms. The molecule has 1 aliphatic rings. The van der Waals surface area contributed by atoms with Crippen molar-refractivity contribution in [2.75, 3.05) is 19.6 Å². The standard InChI is InChI=1S/C29H41N5O3/c1-8-10-19-13-24(35)21(14-20(19)18(5)6)27-25(26(32-37-27)29(36)30-9-2)28-31-22-16-34(15-17(3)4)12-11-23(22)33(28)7/h13-14,17-18,35H,8-12,15-16H2,1-7H3,(H,30,36). The molecule has 1 amide bonds. The third-order valence-corrected chi connectivity index (χ3v) is 7.07. The molecule has 0 spiro atoms. The average Bonchev–Trinajstić information content (AvgIpc) is 3.40. The molecule has 0 fully saturated rings. The van der Waals surface area contributed by atoms with E-state index >= 15 is 0 Å². The molecule has 0 radical (unpaired) electrons. The molecule has 0 saturated carbocycles. The minimum Gasteiger partial charge on any atom is -0.507 e. The van der Waals surface area contributed by atoms with Crippen molar-refractivity contribution >= 4 is 5.91 Å². The Morgan fingerprint density at radius 3 is 2.62 bits per heavy atom. The zero-order valence-electron chi connectivity index (χ0n) is 23.3. The second-order valence-electron chi connectivity index (χ2n) is 10.8. The smallest absolute Gasteiger partial charge is 0.274 e. The first-order valence-electron chi connectivity index (χ1n) is 13.6. The number of carbonyl (C=O) groups is 1. The Hall–Kier alpha value is -3.13. The molecular formula is C29H41N5O3. The maximum atomic E-state index is 13.1. The lowest BCUT2D eigenvalue weighted by atomic mass is 9.90. The van der Waals surface area contributed by atoms with Gasteiger partial charge in [0.05, 0.1) is 16.8 Å². The van der Waals surface area contributed by atoms with Crippen molar-refractivity contribution in [3.05, 3.63) is 40.3 Å².